The predicted molar refractivity (Wildman–Crippen MR) is 88.8 cm³/mol. The summed E-state index contributed by atoms with van der Waals surface area (Å²) in [6.07, 6.45) is 1.01. The van der Waals surface area contributed by atoms with Crippen molar-refractivity contribution in [1.29, 1.82) is 0 Å². The summed E-state index contributed by atoms with van der Waals surface area (Å²) in [5.41, 5.74) is 0.171. The summed E-state index contributed by atoms with van der Waals surface area (Å²) in [7, 11) is 0. The van der Waals surface area contributed by atoms with E-state index in [-0.39, 0.29) is 5.91 Å². The molecule has 1 unspecified atom stereocenters. The standard InChI is InChI=1S/C16H21BrN2O3/c1-16(2,3)22-15(21)18-11-7-10-13(18)14(20)19(17)12-8-5-4-6-9-12/h4-6,8-9,13H,7,10-11H2,1-3H3. The second kappa shape index (κ2) is 6.69. The summed E-state index contributed by atoms with van der Waals surface area (Å²) in [4.78, 5) is 26.4. The molecule has 2 rings (SSSR count). The third-order valence-corrected chi connectivity index (χ3v) is 4.10. The van der Waals surface area contributed by atoms with E-state index in [1.54, 1.807) is 0 Å². The highest BCUT2D eigenvalue weighted by atomic mass is 79.9. The number of hydrogen-bond donors (Lipinski definition) is 0. The molecule has 6 heteroatoms. The normalized spacial score (nSPS) is 18.2. The molecule has 5 nitrogen and oxygen atoms in total. The summed E-state index contributed by atoms with van der Waals surface area (Å²) < 4.78 is 6.81. The fourth-order valence-electron chi connectivity index (χ4n) is 2.38. The van der Waals surface area contributed by atoms with Gasteiger partial charge in [0.05, 0.1) is 21.8 Å². The Bertz CT molecular complexity index is 542. The van der Waals surface area contributed by atoms with Gasteiger partial charge in [0.25, 0.3) is 5.91 Å². The zero-order valence-electron chi connectivity index (χ0n) is 13.1. The van der Waals surface area contributed by atoms with Gasteiger partial charge in [0.2, 0.25) is 0 Å². The number of nitrogens with zero attached hydrogens (tertiary/aromatic N) is 2. The minimum Gasteiger partial charge on any atom is -0.444 e. The van der Waals surface area contributed by atoms with Gasteiger partial charge in [-0.2, -0.15) is 0 Å². The fraction of sp³-hybridized carbons (Fsp3) is 0.500. The monoisotopic (exact) mass is 368 g/mol. The quantitative estimate of drug-likeness (QED) is 0.747. The van der Waals surface area contributed by atoms with Crippen LogP contribution in [0.5, 0.6) is 0 Å². The van der Waals surface area contributed by atoms with E-state index in [1.807, 2.05) is 51.1 Å². The Kier molecular flexibility index (Phi) is 5.11. The molecule has 1 aromatic rings. The van der Waals surface area contributed by atoms with Crippen molar-refractivity contribution in [2.45, 2.75) is 45.3 Å². The minimum atomic E-state index is -0.569. The van der Waals surface area contributed by atoms with Crippen molar-refractivity contribution in [3.05, 3.63) is 30.3 Å². The molecule has 1 aromatic carbocycles. The predicted octanol–water partition coefficient (Wildman–Crippen LogP) is 3.73. The molecule has 2 amide bonds. The third-order valence-electron chi connectivity index (χ3n) is 3.34. The zero-order chi connectivity index (χ0) is 16.3. The molecule has 0 aliphatic carbocycles. The lowest BCUT2D eigenvalue weighted by Gasteiger charge is -2.29. The Morgan fingerprint density at radius 1 is 1.27 bits per heavy atom. The highest BCUT2D eigenvalue weighted by molar-refractivity contribution is 9.10. The highest BCUT2D eigenvalue weighted by Gasteiger charge is 2.38. The van der Waals surface area contributed by atoms with Crippen LogP contribution in [0.15, 0.2) is 30.3 Å². The maximum atomic E-state index is 12.7. The molecule has 0 bridgehead atoms. The zero-order valence-corrected chi connectivity index (χ0v) is 14.7. The highest BCUT2D eigenvalue weighted by Crippen LogP contribution is 2.26. The molecule has 120 valence electrons. The average molecular weight is 369 g/mol. The molecular formula is C16H21BrN2O3. The summed E-state index contributed by atoms with van der Waals surface area (Å²) in [6.45, 7) is 6.00. The number of para-hydroxylation sites is 1. The van der Waals surface area contributed by atoms with Crippen LogP contribution >= 0.6 is 16.1 Å². The van der Waals surface area contributed by atoms with Gasteiger partial charge in [-0.15, -0.1) is 0 Å². The van der Waals surface area contributed by atoms with Crippen LogP contribution < -0.4 is 3.93 Å². The number of anilines is 1. The number of halogens is 1. The van der Waals surface area contributed by atoms with E-state index in [1.165, 1.54) is 8.83 Å². The number of rotatable bonds is 2. The summed E-state index contributed by atoms with van der Waals surface area (Å²) in [5, 5.41) is 0. The Labute approximate surface area is 139 Å². The summed E-state index contributed by atoms with van der Waals surface area (Å²) in [5.74, 6) is -0.158. The van der Waals surface area contributed by atoms with Gasteiger partial charge in [0.1, 0.15) is 11.6 Å². The van der Waals surface area contributed by atoms with Crippen molar-refractivity contribution in [3.63, 3.8) is 0 Å². The number of hydrogen-bond acceptors (Lipinski definition) is 3. The number of likely N-dealkylation sites (tertiary alicyclic amines) is 1. The second-order valence-corrected chi connectivity index (χ2v) is 7.00. The van der Waals surface area contributed by atoms with Gasteiger partial charge in [-0.1, -0.05) is 18.2 Å². The lowest BCUT2D eigenvalue weighted by molar-refractivity contribution is -0.121. The van der Waals surface area contributed by atoms with Crippen molar-refractivity contribution >= 4 is 33.8 Å². The molecule has 1 saturated heterocycles. The first-order valence-corrected chi connectivity index (χ1v) is 8.05. The van der Waals surface area contributed by atoms with Gasteiger partial charge in [-0.3, -0.25) is 9.69 Å². The second-order valence-electron chi connectivity index (χ2n) is 6.29. The molecule has 1 fully saturated rings. The Balaban J connectivity index is 2.10. The van der Waals surface area contributed by atoms with E-state index < -0.39 is 17.7 Å². The number of ether oxygens (including phenoxy) is 1. The van der Waals surface area contributed by atoms with Crippen LogP contribution in [-0.2, 0) is 9.53 Å². The largest absolute Gasteiger partial charge is 0.444 e. The molecule has 0 spiro atoms. The van der Waals surface area contributed by atoms with Crippen LogP contribution in [0.3, 0.4) is 0 Å². The van der Waals surface area contributed by atoms with Crippen LogP contribution in [-0.4, -0.2) is 35.1 Å². The van der Waals surface area contributed by atoms with Crippen molar-refractivity contribution < 1.29 is 14.3 Å². The van der Waals surface area contributed by atoms with Gasteiger partial charge in [-0.25, -0.2) is 8.72 Å². The molecule has 0 N–H and O–H groups in total. The topological polar surface area (TPSA) is 49.9 Å². The summed E-state index contributed by atoms with van der Waals surface area (Å²) >= 11 is 3.30. The lowest BCUT2D eigenvalue weighted by atomic mass is 10.2. The van der Waals surface area contributed by atoms with Crippen LogP contribution in [0.2, 0.25) is 0 Å². The molecule has 0 saturated carbocycles. The Morgan fingerprint density at radius 2 is 1.91 bits per heavy atom. The van der Waals surface area contributed by atoms with Crippen molar-refractivity contribution in [2.75, 3.05) is 10.5 Å². The van der Waals surface area contributed by atoms with Gasteiger partial charge in [0, 0.05) is 6.54 Å². The fourth-order valence-corrected chi connectivity index (χ4v) is 2.85. The number of carbonyl (C=O) groups is 2. The summed E-state index contributed by atoms with van der Waals surface area (Å²) in [6, 6.07) is 8.78. The number of amides is 2. The van der Waals surface area contributed by atoms with Gasteiger partial charge in [0.15, 0.2) is 0 Å². The van der Waals surface area contributed by atoms with E-state index in [0.717, 1.165) is 12.1 Å². The maximum Gasteiger partial charge on any atom is 0.410 e. The first kappa shape index (κ1) is 16.8. The molecule has 1 aliphatic rings. The molecule has 1 aliphatic heterocycles. The van der Waals surface area contributed by atoms with Crippen LogP contribution in [0.4, 0.5) is 10.5 Å². The van der Waals surface area contributed by atoms with Crippen LogP contribution in [0.25, 0.3) is 0 Å². The molecule has 22 heavy (non-hydrogen) atoms. The maximum absolute atomic E-state index is 12.7. The number of carbonyl (C=O) groups excluding carboxylic acids is 2. The van der Waals surface area contributed by atoms with Crippen LogP contribution in [0.1, 0.15) is 33.6 Å². The average Bonchev–Trinajstić information content (AvgIpc) is 2.94. The number of benzene rings is 1. The van der Waals surface area contributed by atoms with Gasteiger partial charge >= 0.3 is 6.09 Å². The smallest absolute Gasteiger partial charge is 0.410 e. The van der Waals surface area contributed by atoms with E-state index in [2.05, 4.69) is 16.1 Å². The molecule has 0 aromatic heterocycles. The molecule has 1 atom stereocenters. The van der Waals surface area contributed by atoms with E-state index in [4.69, 9.17) is 4.74 Å². The Hall–Kier alpha value is -1.56. The van der Waals surface area contributed by atoms with Gasteiger partial charge in [-0.05, 0) is 45.7 Å². The minimum absolute atomic E-state index is 0.158. The van der Waals surface area contributed by atoms with E-state index in [0.29, 0.717) is 13.0 Å². The first-order valence-electron chi connectivity index (χ1n) is 7.34. The molecule has 0 radical (unpaired) electrons. The van der Waals surface area contributed by atoms with Crippen LogP contribution in [0, 0.1) is 0 Å². The Morgan fingerprint density at radius 3 is 2.50 bits per heavy atom. The van der Waals surface area contributed by atoms with Crippen molar-refractivity contribution in [1.82, 2.24) is 4.90 Å². The SMILES string of the molecule is CC(C)(C)OC(=O)N1CCCC1C(=O)N(Br)c1ccccc1. The third kappa shape index (κ3) is 4.00. The van der Waals surface area contributed by atoms with Crippen molar-refractivity contribution in [2.24, 2.45) is 0 Å². The van der Waals surface area contributed by atoms with Crippen molar-refractivity contribution in [3.8, 4) is 0 Å². The van der Waals surface area contributed by atoms with Gasteiger partial charge < -0.3 is 4.74 Å². The molecular weight excluding hydrogens is 348 g/mol. The van der Waals surface area contributed by atoms with E-state index >= 15 is 0 Å². The lowest BCUT2D eigenvalue weighted by Crippen LogP contribution is -2.46. The molecule has 1 heterocycles. The van der Waals surface area contributed by atoms with E-state index in [9.17, 15) is 9.59 Å². The first-order chi connectivity index (χ1) is 10.3.